The van der Waals surface area contributed by atoms with Gasteiger partial charge in [-0.2, -0.15) is 0 Å². The van der Waals surface area contributed by atoms with Crippen molar-refractivity contribution < 1.29 is 14.6 Å². The highest BCUT2D eigenvalue weighted by atomic mass is 16.5. The normalized spacial score (nSPS) is 11.0. The molecule has 2 aromatic rings. The second-order valence-electron chi connectivity index (χ2n) is 5.49. The molecule has 0 aliphatic heterocycles. The summed E-state index contributed by atoms with van der Waals surface area (Å²) >= 11 is 0. The summed E-state index contributed by atoms with van der Waals surface area (Å²) in [5, 5.41) is 12.0. The van der Waals surface area contributed by atoms with Crippen LogP contribution in [-0.2, 0) is 4.79 Å². The summed E-state index contributed by atoms with van der Waals surface area (Å²) in [5.41, 5.74) is 0.899. The fraction of sp³-hybridized carbons (Fsp3) is 0.235. The van der Waals surface area contributed by atoms with E-state index in [4.69, 9.17) is 9.84 Å². The maximum atomic E-state index is 11.1. The van der Waals surface area contributed by atoms with Gasteiger partial charge in [-0.05, 0) is 57.2 Å². The number of nitrogens with one attached hydrogen (secondary N) is 1. The van der Waals surface area contributed by atoms with Crippen molar-refractivity contribution in [1.29, 1.82) is 0 Å². The topological polar surface area (TPSA) is 58.6 Å². The molecule has 2 N–H and O–H groups in total. The van der Waals surface area contributed by atoms with Crippen LogP contribution >= 0.6 is 0 Å². The molecular formula is C17H19NO3. The average molecular weight is 285 g/mol. The molecule has 2 rings (SSSR count). The first kappa shape index (κ1) is 14.9. The monoisotopic (exact) mass is 285 g/mol. The van der Waals surface area contributed by atoms with E-state index in [0.717, 1.165) is 11.4 Å². The highest BCUT2D eigenvalue weighted by Crippen LogP contribution is 2.24. The number of hydrogen-bond acceptors (Lipinski definition) is 3. The average Bonchev–Trinajstić information content (AvgIpc) is 2.43. The summed E-state index contributed by atoms with van der Waals surface area (Å²) in [4.78, 5) is 11.1. The van der Waals surface area contributed by atoms with E-state index in [1.807, 2.05) is 31.2 Å². The Bertz CT molecular complexity index is 615. The molecule has 110 valence electrons. The van der Waals surface area contributed by atoms with Crippen molar-refractivity contribution >= 4 is 11.7 Å². The maximum Gasteiger partial charge on any atom is 0.328 e. The van der Waals surface area contributed by atoms with Gasteiger partial charge in [0.15, 0.2) is 0 Å². The van der Waals surface area contributed by atoms with Crippen LogP contribution in [0.4, 0.5) is 5.69 Å². The maximum absolute atomic E-state index is 11.1. The number of rotatable bonds is 5. The predicted octanol–water partition coefficient (Wildman–Crippen LogP) is 4.06. The van der Waals surface area contributed by atoms with Crippen molar-refractivity contribution in [2.75, 3.05) is 5.32 Å². The van der Waals surface area contributed by atoms with E-state index in [1.54, 1.807) is 38.1 Å². The number of hydrogen-bond donors (Lipinski definition) is 2. The van der Waals surface area contributed by atoms with Crippen LogP contribution in [0.3, 0.4) is 0 Å². The van der Waals surface area contributed by atoms with Crippen LogP contribution in [0.2, 0.25) is 0 Å². The number of carbonyl (C=O) groups is 1. The van der Waals surface area contributed by atoms with Crippen LogP contribution in [0.25, 0.3) is 0 Å². The molecule has 0 radical (unpaired) electrons. The van der Waals surface area contributed by atoms with Crippen LogP contribution in [0.1, 0.15) is 19.4 Å². The Labute approximate surface area is 124 Å². The van der Waals surface area contributed by atoms with Gasteiger partial charge in [0.05, 0.1) is 0 Å². The Kier molecular flexibility index (Phi) is 4.17. The van der Waals surface area contributed by atoms with E-state index < -0.39 is 11.5 Å². The van der Waals surface area contributed by atoms with Crippen molar-refractivity contribution in [1.82, 2.24) is 0 Å². The lowest BCUT2D eigenvalue weighted by atomic mass is 10.1. The molecule has 0 aliphatic rings. The first-order chi connectivity index (χ1) is 9.87. The molecule has 0 amide bonds. The number of carboxylic acids is 1. The third kappa shape index (κ3) is 3.99. The minimum absolute atomic E-state index is 0.706. The van der Waals surface area contributed by atoms with Crippen LogP contribution in [0.5, 0.6) is 11.5 Å². The van der Waals surface area contributed by atoms with Crippen molar-refractivity contribution in [2.45, 2.75) is 26.3 Å². The SMILES string of the molecule is Cc1ccc(Oc2ccc(NC(C)(C)C(=O)O)cc2)cc1. The number of carboxylic acid groups (broad SMARTS) is 1. The first-order valence-corrected chi connectivity index (χ1v) is 6.73. The lowest BCUT2D eigenvalue weighted by molar-refractivity contribution is -0.141. The molecule has 4 heteroatoms. The number of anilines is 1. The Morgan fingerprint density at radius 1 is 1.00 bits per heavy atom. The minimum Gasteiger partial charge on any atom is -0.480 e. The number of benzene rings is 2. The number of ether oxygens (including phenoxy) is 1. The highest BCUT2D eigenvalue weighted by Gasteiger charge is 2.26. The smallest absolute Gasteiger partial charge is 0.328 e. The molecule has 0 heterocycles. The highest BCUT2D eigenvalue weighted by molar-refractivity contribution is 5.81. The van der Waals surface area contributed by atoms with E-state index in [0.29, 0.717) is 5.75 Å². The van der Waals surface area contributed by atoms with Crippen molar-refractivity contribution in [3.05, 3.63) is 54.1 Å². The second kappa shape index (κ2) is 5.87. The molecule has 0 aliphatic carbocycles. The molecule has 0 fully saturated rings. The summed E-state index contributed by atoms with van der Waals surface area (Å²) in [6, 6.07) is 15.0. The van der Waals surface area contributed by atoms with E-state index in [1.165, 1.54) is 5.56 Å². The zero-order valence-corrected chi connectivity index (χ0v) is 12.4. The molecule has 0 saturated carbocycles. The van der Waals surface area contributed by atoms with Gasteiger partial charge in [-0.3, -0.25) is 0 Å². The van der Waals surface area contributed by atoms with Gasteiger partial charge in [0.1, 0.15) is 17.0 Å². The van der Waals surface area contributed by atoms with Gasteiger partial charge in [-0.25, -0.2) is 4.79 Å². The minimum atomic E-state index is -1.01. The van der Waals surface area contributed by atoms with Gasteiger partial charge in [-0.15, -0.1) is 0 Å². The summed E-state index contributed by atoms with van der Waals surface area (Å²) in [6.45, 7) is 5.26. The second-order valence-corrected chi connectivity index (χ2v) is 5.49. The van der Waals surface area contributed by atoms with Gasteiger partial charge in [-0.1, -0.05) is 17.7 Å². The Balaban J connectivity index is 2.05. The largest absolute Gasteiger partial charge is 0.480 e. The molecule has 0 bridgehead atoms. The number of aryl methyl sites for hydroxylation is 1. The molecule has 0 unspecified atom stereocenters. The summed E-state index contributed by atoms with van der Waals surface area (Å²) in [5.74, 6) is 0.576. The molecule has 4 nitrogen and oxygen atoms in total. The fourth-order valence-electron chi connectivity index (χ4n) is 1.76. The first-order valence-electron chi connectivity index (χ1n) is 6.73. The van der Waals surface area contributed by atoms with Crippen LogP contribution in [0.15, 0.2) is 48.5 Å². The molecule has 0 aromatic heterocycles. The summed E-state index contributed by atoms with van der Waals surface area (Å²) in [6.07, 6.45) is 0. The van der Waals surface area contributed by atoms with Crippen molar-refractivity contribution in [3.63, 3.8) is 0 Å². The van der Waals surface area contributed by atoms with Gasteiger partial charge in [0, 0.05) is 5.69 Å². The lowest BCUT2D eigenvalue weighted by Crippen LogP contribution is -2.39. The molecule has 0 saturated heterocycles. The molecule has 21 heavy (non-hydrogen) atoms. The summed E-state index contributed by atoms with van der Waals surface area (Å²) < 4.78 is 5.72. The van der Waals surface area contributed by atoms with Crippen LogP contribution in [0, 0.1) is 6.92 Å². The Hall–Kier alpha value is -2.49. The molecule has 2 aromatic carbocycles. The summed E-state index contributed by atoms with van der Waals surface area (Å²) in [7, 11) is 0. The number of aliphatic carboxylic acids is 1. The predicted molar refractivity (Wildman–Crippen MR) is 83.0 cm³/mol. The molecular weight excluding hydrogens is 266 g/mol. The third-order valence-corrected chi connectivity index (χ3v) is 3.10. The van der Waals surface area contributed by atoms with E-state index in [9.17, 15) is 4.79 Å². The van der Waals surface area contributed by atoms with E-state index in [-0.39, 0.29) is 0 Å². The zero-order chi connectivity index (χ0) is 15.5. The van der Waals surface area contributed by atoms with Gasteiger partial charge < -0.3 is 15.2 Å². The van der Waals surface area contributed by atoms with Gasteiger partial charge >= 0.3 is 5.97 Å². The van der Waals surface area contributed by atoms with E-state index >= 15 is 0 Å². The van der Waals surface area contributed by atoms with Gasteiger partial charge in [0.2, 0.25) is 0 Å². The van der Waals surface area contributed by atoms with Crippen LogP contribution in [-0.4, -0.2) is 16.6 Å². The lowest BCUT2D eigenvalue weighted by Gasteiger charge is -2.22. The standard InChI is InChI=1S/C17H19NO3/c1-12-4-8-14(9-5-12)21-15-10-6-13(7-11-15)18-17(2,3)16(19)20/h4-11,18H,1-3H3,(H,19,20). The third-order valence-electron chi connectivity index (χ3n) is 3.10. The Morgan fingerprint density at radius 2 is 1.48 bits per heavy atom. The van der Waals surface area contributed by atoms with Crippen LogP contribution < -0.4 is 10.1 Å². The zero-order valence-electron chi connectivity index (χ0n) is 12.4. The van der Waals surface area contributed by atoms with Crippen molar-refractivity contribution in [2.24, 2.45) is 0 Å². The molecule has 0 spiro atoms. The Morgan fingerprint density at radius 3 is 1.95 bits per heavy atom. The quantitative estimate of drug-likeness (QED) is 0.869. The van der Waals surface area contributed by atoms with E-state index in [2.05, 4.69) is 5.32 Å². The fourth-order valence-corrected chi connectivity index (χ4v) is 1.76. The molecule has 0 atom stereocenters. The van der Waals surface area contributed by atoms with Gasteiger partial charge in [0.25, 0.3) is 0 Å². The van der Waals surface area contributed by atoms with Crippen molar-refractivity contribution in [3.8, 4) is 11.5 Å².